The number of aryl methyl sites for hydroxylation is 1. The highest BCUT2D eigenvalue weighted by Gasteiger charge is 2.19. The maximum atomic E-state index is 5.23. The second-order valence-corrected chi connectivity index (χ2v) is 5.75. The van der Waals surface area contributed by atoms with Gasteiger partial charge in [0, 0.05) is 43.0 Å². The van der Waals surface area contributed by atoms with E-state index in [0.29, 0.717) is 0 Å². The van der Waals surface area contributed by atoms with Crippen molar-refractivity contribution in [1.29, 1.82) is 0 Å². The number of hydrogen-bond acceptors (Lipinski definition) is 5. The Hall–Kier alpha value is -2.14. The van der Waals surface area contributed by atoms with E-state index >= 15 is 0 Å². The molecule has 5 heteroatoms. The van der Waals surface area contributed by atoms with E-state index in [2.05, 4.69) is 24.1 Å². The lowest BCUT2D eigenvalue weighted by Crippen LogP contribution is -2.44. The van der Waals surface area contributed by atoms with E-state index in [1.807, 2.05) is 24.3 Å². The predicted octanol–water partition coefficient (Wildman–Crippen LogP) is 2.43. The Labute approximate surface area is 137 Å². The van der Waals surface area contributed by atoms with Gasteiger partial charge in [-0.3, -0.25) is 0 Å². The fourth-order valence-corrected chi connectivity index (χ4v) is 3.00. The molecule has 0 aliphatic carbocycles. The molecule has 1 aromatic carbocycles. The van der Waals surface area contributed by atoms with Gasteiger partial charge in [0.1, 0.15) is 11.6 Å². The first-order chi connectivity index (χ1) is 11.2. The monoisotopic (exact) mass is 312 g/mol. The SMILES string of the molecule is CCc1c(C)nc(-c2ccc(OC)cc2)nc1N1CCNCC1. The van der Waals surface area contributed by atoms with Crippen molar-refractivity contribution in [1.82, 2.24) is 15.3 Å². The Bertz CT molecular complexity index is 663. The Morgan fingerprint density at radius 1 is 1.13 bits per heavy atom. The standard InChI is InChI=1S/C18H24N4O/c1-4-16-13(2)20-17(14-5-7-15(23-3)8-6-14)21-18(16)22-11-9-19-10-12-22/h5-8,19H,4,9-12H2,1-3H3. The van der Waals surface area contributed by atoms with Crippen LogP contribution in [-0.2, 0) is 6.42 Å². The number of nitrogens with one attached hydrogen (secondary N) is 1. The van der Waals surface area contributed by atoms with Gasteiger partial charge in [-0.25, -0.2) is 9.97 Å². The number of anilines is 1. The van der Waals surface area contributed by atoms with Crippen LogP contribution < -0.4 is 15.0 Å². The number of methoxy groups -OCH3 is 1. The van der Waals surface area contributed by atoms with Gasteiger partial charge in [0.25, 0.3) is 0 Å². The quantitative estimate of drug-likeness (QED) is 0.939. The van der Waals surface area contributed by atoms with E-state index in [4.69, 9.17) is 14.7 Å². The summed E-state index contributed by atoms with van der Waals surface area (Å²) >= 11 is 0. The maximum Gasteiger partial charge on any atom is 0.161 e. The number of hydrogen-bond donors (Lipinski definition) is 1. The van der Waals surface area contributed by atoms with Crippen molar-refractivity contribution in [3.05, 3.63) is 35.5 Å². The van der Waals surface area contributed by atoms with Crippen LogP contribution in [-0.4, -0.2) is 43.3 Å². The fourth-order valence-electron chi connectivity index (χ4n) is 3.00. The fraction of sp³-hybridized carbons (Fsp3) is 0.444. The molecule has 0 saturated carbocycles. The van der Waals surface area contributed by atoms with Crippen molar-refractivity contribution in [2.24, 2.45) is 0 Å². The summed E-state index contributed by atoms with van der Waals surface area (Å²) in [4.78, 5) is 12.0. The number of piperazine rings is 1. The summed E-state index contributed by atoms with van der Waals surface area (Å²) in [6.45, 7) is 8.24. The molecule has 122 valence electrons. The van der Waals surface area contributed by atoms with Gasteiger partial charge < -0.3 is 15.0 Å². The van der Waals surface area contributed by atoms with Crippen LogP contribution in [0.4, 0.5) is 5.82 Å². The molecule has 3 rings (SSSR count). The molecule has 0 bridgehead atoms. The third kappa shape index (κ3) is 3.29. The number of ether oxygens (including phenoxy) is 1. The van der Waals surface area contributed by atoms with Crippen molar-refractivity contribution in [3.8, 4) is 17.1 Å². The zero-order valence-electron chi connectivity index (χ0n) is 14.1. The van der Waals surface area contributed by atoms with E-state index < -0.39 is 0 Å². The van der Waals surface area contributed by atoms with Crippen molar-refractivity contribution in [2.45, 2.75) is 20.3 Å². The normalized spacial score (nSPS) is 14.8. The molecule has 0 atom stereocenters. The molecule has 0 radical (unpaired) electrons. The molecule has 2 aromatic rings. The molecule has 1 aliphatic heterocycles. The highest BCUT2D eigenvalue weighted by molar-refractivity contribution is 5.61. The maximum absolute atomic E-state index is 5.23. The summed E-state index contributed by atoms with van der Waals surface area (Å²) < 4.78 is 5.23. The third-order valence-electron chi connectivity index (χ3n) is 4.31. The van der Waals surface area contributed by atoms with Gasteiger partial charge >= 0.3 is 0 Å². The van der Waals surface area contributed by atoms with Crippen LogP contribution in [0.15, 0.2) is 24.3 Å². The van der Waals surface area contributed by atoms with Crippen LogP contribution >= 0.6 is 0 Å². The van der Waals surface area contributed by atoms with Crippen molar-refractivity contribution >= 4 is 5.82 Å². The minimum atomic E-state index is 0.788. The summed E-state index contributed by atoms with van der Waals surface area (Å²) in [6.07, 6.45) is 0.952. The van der Waals surface area contributed by atoms with Crippen LogP contribution in [0.5, 0.6) is 5.75 Å². The highest BCUT2D eigenvalue weighted by atomic mass is 16.5. The number of aromatic nitrogens is 2. The summed E-state index contributed by atoms with van der Waals surface area (Å²) in [6, 6.07) is 7.93. The first kappa shape index (κ1) is 15.7. The first-order valence-electron chi connectivity index (χ1n) is 8.20. The molecule has 1 N–H and O–H groups in total. The molecule has 1 saturated heterocycles. The number of nitrogens with zero attached hydrogens (tertiary/aromatic N) is 3. The third-order valence-corrected chi connectivity index (χ3v) is 4.31. The van der Waals surface area contributed by atoms with Crippen LogP contribution in [0.2, 0.25) is 0 Å². The molecule has 1 fully saturated rings. The van der Waals surface area contributed by atoms with E-state index in [-0.39, 0.29) is 0 Å². The molecule has 23 heavy (non-hydrogen) atoms. The molecule has 2 heterocycles. The van der Waals surface area contributed by atoms with Crippen LogP contribution in [0.3, 0.4) is 0 Å². The molecular weight excluding hydrogens is 288 g/mol. The summed E-state index contributed by atoms with van der Waals surface area (Å²) in [5.74, 6) is 2.72. The van der Waals surface area contributed by atoms with Gasteiger partial charge in [-0.05, 0) is 37.6 Å². The van der Waals surface area contributed by atoms with Gasteiger partial charge in [-0.1, -0.05) is 6.92 Å². The zero-order valence-corrected chi connectivity index (χ0v) is 14.1. The lowest BCUT2D eigenvalue weighted by Gasteiger charge is -2.30. The molecule has 1 aromatic heterocycles. The molecule has 0 spiro atoms. The second kappa shape index (κ2) is 6.96. The minimum Gasteiger partial charge on any atom is -0.497 e. The van der Waals surface area contributed by atoms with Crippen molar-refractivity contribution in [2.75, 3.05) is 38.2 Å². The summed E-state index contributed by atoms with van der Waals surface area (Å²) in [5, 5.41) is 3.40. The van der Waals surface area contributed by atoms with E-state index in [9.17, 15) is 0 Å². The number of rotatable bonds is 4. The van der Waals surface area contributed by atoms with Crippen molar-refractivity contribution < 1.29 is 4.74 Å². The van der Waals surface area contributed by atoms with Gasteiger partial charge in [-0.2, -0.15) is 0 Å². The minimum absolute atomic E-state index is 0.788. The van der Waals surface area contributed by atoms with Crippen LogP contribution in [0, 0.1) is 6.92 Å². The van der Waals surface area contributed by atoms with Gasteiger partial charge in [-0.15, -0.1) is 0 Å². The van der Waals surface area contributed by atoms with Gasteiger partial charge in [0.2, 0.25) is 0 Å². The van der Waals surface area contributed by atoms with Crippen LogP contribution in [0.25, 0.3) is 11.4 Å². The average molecular weight is 312 g/mol. The van der Waals surface area contributed by atoms with Gasteiger partial charge in [0.05, 0.1) is 7.11 Å². The van der Waals surface area contributed by atoms with Crippen molar-refractivity contribution in [3.63, 3.8) is 0 Å². The number of benzene rings is 1. The molecular formula is C18H24N4O. The molecule has 1 aliphatic rings. The smallest absolute Gasteiger partial charge is 0.161 e. The second-order valence-electron chi connectivity index (χ2n) is 5.75. The Morgan fingerprint density at radius 2 is 1.83 bits per heavy atom. The van der Waals surface area contributed by atoms with E-state index in [1.165, 1.54) is 5.56 Å². The largest absolute Gasteiger partial charge is 0.497 e. The average Bonchev–Trinajstić information content (AvgIpc) is 2.62. The van der Waals surface area contributed by atoms with E-state index in [0.717, 1.165) is 61.2 Å². The zero-order chi connectivity index (χ0) is 16.2. The molecule has 0 unspecified atom stereocenters. The summed E-state index contributed by atoms with van der Waals surface area (Å²) in [7, 11) is 1.67. The molecule has 5 nitrogen and oxygen atoms in total. The Kier molecular flexibility index (Phi) is 4.76. The lowest BCUT2D eigenvalue weighted by molar-refractivity contribution is 0.415. The van der Waals surface area contributed by atoms with Gasteiger partial charge in [0.15, 0.2) is 5.82 Å². The Morgan fingerprint density at radius 3 is 2.43 bits per heavy atom. The predicted molar refractivity (Wildman–Crippen MR) is 93.2 cm³/mol. The lowest BCUT2D eigenvalue weighted by atomic mass is 10.1. The summed E-state index contributed by atoms with van der Waals surface area (Å²) in [5.41, 5.74) is 3.35. The topological polar surface area (TPSA) is 50.3 Å². The first-order valence-corrected chi connectivity index (χ1v) is 8.20. The highest BCUT2D eigenvalue weighted by Crippen LogP contribution is 2.27. The van der Waals surface area contributed by atoms with E-state index in [1.54, 1.807) is 7.11 Å². The molecule has 0 amide bonds. The van der Waals surface area contributed by atoms with Crippen LogP contribution in [0.1, 0.15) is 18.2 Å². The Balaban J connectivity index is 2.02.